The lowest BCUT2D eigenvalue weighted by atomic mass is 9.57. The highest BCUT2D eigenvalue weighted by Crippen LogP contribution is 2.46. The third-order valence-electron chi connectivity index (χ3n) is 3.06. The van der Waals surface area contributed by atoms with Gasteiger partial charge in [0.25, 0.3) is 0 Å². The predicted molar refractivity (Wildman–Crippen MR) is 47.5 cm³/mol. The summed E-state index contributed by atoms with van der Waals surface area (Å²) in [7, 11) is 0. The van der Waals surface area contributed by atoms with Crippen LogP contribution in [0.5, 0.6) is 0 Å². The summed E-state index contributed by atoms with van der Waals surface area (Å²) in [4.78, 5) is 21.5. The van der Waals surface area contributed by atoms with Crippen LogP contribution in [0.3, 0.4) is 0 Å². The van der Waals surface area contributed by atoms with Gasteiger partial charge in [-0.1, -0.05) is 13.8 Å². The lowest BCUT2D eigenvalue weighted by molar-refractivity contribution is -0.132. The Morgan fingerprint density at radius 2 is 2.00 bits per heavy atom. The van der Waals surface area contributed by atoms with Crippen LogP contribution in [0.4, 0.5) is 4.79 Å². The number of amides is 1. The molecule has 0 aromatic rings. The molecule has 1 amide bonds. The van der Waals surface area contributed by atoms with Gasteiger partial charge in [-0.3, -0.25) is 4.79 Å². The fourth-order valence-corrected chi connectivity index (χ4v) is 2.01. The highest BCUT2D eigenvalue weighted by molar-refractivity contribution is 5.81. The molecule has 0 heterocycles. The summed E-state index contributed by atoms with van der Waals surface area (Å²) in [6.07, 6.45) is -0.380. The molecule has 13 heavy (non-hydrogen) atoms. The minimum Gasteiger partial charge on any atom is -0.465 e. The monoisotopic (exact) mass is 185 g/mol. The molecule has 0 radical (unpaired) electrons. The van der Waals surface area contributed by atoms with E-state index in [9.17, 15) is 9.59 Å². The van der Waals surface area contributed by atoms with E-state index < -0.39 is 6.09 Å². The lowest BCUT2D eigenvalue weighted by Gasteiger charge is -2.50. The third kappa shape index (κ3) is 1.66. The highest BCUT2D eigenvalue weighted by Gasteiger charge is 2.50. The summed E-state index contributed by atoms with van der Waals surface area (Å²) in [5.41, 5.74) is -0.232. The molecule has 1 saturated carbocycles. The van der Waals surface area contributed by atoms with Crippen LogP contribution in [0, 0.1) is 11.3 Å². The van der Waals surface area contributed by atoms with E-state index >= 15 is 0 Å². The quantitative estimate of drug-likeness (QED) is 0.680. The Hall–Kier alpha value is -1.06. The van der Waals surface area contributed by atoms with Crippen molar-refractivity contribution in [1.29, 1.82) is 0 Å². The fourth-order valence-electron chi connectivity index (χ4n) is 2.01. The molecule has 1 rings (SSSR count). The van der Waals surface area contributed by atoms with Crippen LogP contribution in [0.2, 0.25) is 0 Å². The molecule has 0 unspecified atom stereocenters. The van der Waals surface area contributed by atoms with E-state index in [-0.39, 0.29) is 23.2 Å². The van der Waals surface area contributed by atoms with Crippen LogP contribution in [-0.4, -0.2) is 23.0 Å². The van der Waals surface area contributed by atoms with Crippen molar-refractivity contribution in [3.8, 4) is 0 Å². The van der Waals surface area contributed by atoms with Gasteiger partial charge < -0.3 is 10.4 Å². The molecule has 0 bridgehead atoms. The van der Waals surface area contributed by atoms with Gasteiger partial charge >= 0.3 is 6.09 Å². The van der Waals surface area contributed by atoms with E-state index in [1.54, 1.807) is 6.92 Å². The normalized spacial score (nSPS) is 30.4. The maximum atomic E-state index is 11.1. The lowest BCUT2D eigenvalue weighted by Crippen LogP contribution is -2.59. The molecular formula is C9H15NO3. The molecule has 1 aliphatic carbocycles. The molecule has 0 aromatic carbocycles. The molecule has 4 nitrogen and oxygen atoms in total. The zero-order chi connectivity index (χ0) is 10.2. The standard InChI is InChI=1S/C9H15NO3/c1-5(11)6-4-7(9(6,2)3)10-8(12)13/h6-7,10H,4H2,1-3H3,(H,12,13)/t6-,7-/m1/s1. The molecule has 0 saturated heterocycles. The van der Waals surface area contributed by atoms with Crippen molar-refractivity contribution in [2.45, 2.75) is 33.2 Å². The van der Waals surface area contributed by atoms with Crippen molar-refractivity contribution in [3.63, 3.8) is 0 Å². The zero-order valence-corrected chi connectivity index (χ0v) is 8.13. The molecule has 74 valence electrons. The van der Waals surface area contributed by atoms with E-state index in [4.69, 9.17) is 5.11 Å². The average molecular weight is 185 g/mol. The van der Waals surface area contributed by atoms with Crippen LogP contribution < -0.4 is 5.32 Å². The Bertz CT molecular complexity index is 247. The van der Waals surface area contributed by atoms with Gasteiger partial charge in [0.05, 0.1) is 0 Å². The van der Waals surface area contributed by atoms with Gasteiger partial charge in [0.15, 0.2) is 0 Å². The largest absolute Gasteiger partial charge is 0.465 e. The smallest absolute Gasteiger partial charge is 0.404 e. The molecule has 1 fully saturated rings. The van der Waals surface area contributed by atoms with Gasteiger partial charge in [0, 0.05) is 12.0 Å². The number of Topliss-reactive ketones (excluding diaryl/α,β-unsaturated/α-hetero) is 1. The minimum absolute atomic E-state index is 0.00403. The second kappa shape index (κ2) is 3.01. The molecule has 2 atom stereocenters. The van der Waals surface area contributed by atoms with Crippen LogP contribution in [0.15, 0.2) is 0 Å². The van der Waals surface area contributed by atoms with E-state index in [2.05, 4.69) is 5.32 Å². The Kier molecular flexibility index (Phi) is 2.32. The number of carbonyl (C=O) groups excluding carboxylic acids is 1. The van der Waals surface area contributed by atoms with Gasteiger partial charge in [0.1, 0.15) is 5.78 Å². The minimum atomic E-state index is -1.01. The number of carboxylic acid groups (broad SMARTS) is 1. The molecule has 4 heteroatoms. The van der Waals surface area contributed by atoms with E-state index in [1.165, 1.54) is 0 Å². The maximum absolute atomic E-state index is 11.1. The van der Waals surface area contributed by atoms with Crippen LogP contribution >= 0.6 is 0 Å². The summed E-state index contributed by atoms with van der Waals surface area (Å²) < 4.78 is 0. The first-order valence-electron chi connectivity index (χ1n) is 4.35. The number of hydrogen-bond acceptors (Lipinski definition) is 2. The molecular weight excluding hydrogens is 170 g/mol. The number of ketones is 1. The predicted octanol–water partition coefficient (Wildman–Crippen LogP) is 1.26. The molecule has 1 aliphatic rings. The third-order valence-corrected chi connectivity index (χ3v) is 3.06. The van der Waals surface area contributed by atoms with Gasteiger partial charge in [-0.2, -0.15) is 0 Å². The van der Waals surface area contributed by atoms with E-state index in [0.717, 1.165) is 0 Å². The Morgan fingerprint density at radius 3 is 2.31 bits per heavy atom. The van der Waals surface area contributed by atoms with Gasteiger partial charge in [-0.15, -0.1) is 0 Å². The SMILES string of the molecule is CC(=O)[C@H]1C[C@@H](NC(=O)O)C1(C)C. The molecule has 0 spiro atoms. The topological polar surface area (TPSA) is 66.4 Å². The molecule has 0 aliphatic heterocycles. The van der Waals surface area contributed by atoms with Crippen molar-refractivity contribution < 1.29 is 14.7 Å². The Morgan fingerprint density at radius 1 is 1.46 bits per heavy atom. The van der Waals surface area contributed by atoms with Gasteiger partial charge in [-0.25, -0.2) is 4.79 Å². The fraction of sp³-hybridized carbons (Fsp3) is 0.778. The second-order valence-corrected chi connectivity index (χ2v) is 4.22. The Labute approximate surface area is 77.3 Å². The van der Waals surface area contributed by atoms with Crippen molar-refractivity contribution in [2.24, 2.45) is 11.3 Å². The van der Waals surface area contributed by atoms with Crippen LogP contribution in [0.1, 0.15) is 27.2 Å². The maximum Gasteiger partial charge on any atom is 0.404 e. The van der Waals surface area contributed by atoms with Crippen LogP contribution in [-0.2, 0) is 4.79 Å². The van der Waals surface area contributed by atoms with Crippen molar-refractivity contribution in [1.82, 2.24) is 5.32 Å². The van der Waals surface area contributed by atoms with Crippen molar-refractivity contribution in [3.05, 3.63) is 0 Å². The number of rotatable bonds is 2. The average Bonchev–Trinajstić information content (AvgIpc) is 1.96. The number of carbonyl (C=O) groups is 2. The molecule has 2 N–H and O–H groups in total. The van der Waals surface area contributed by atoms with E-state index in [0.29, 0.717) is 6.42 Å². The second-order valence-electron chi connectivity index (χ2n) is 4.22. The number of nitrogens with one attached hydrogen (secondary N) is 1. The zero-order valence-electron chi connectivity index (χ0n) is 8.13. The summed E-state index contributed by atoms with van der Waals surface area (Å²) in [5.74, 6) is 0.151. The summed E-state index contributed by atoms with van der Waals surface area (Å²) in [6.45, 7) is 5.40. The van der Waals surface area contributed by atoms with E-state index in [1.807, 2.05) is 13.8 Å². The van der Waals surface area contributed by atoms with Gasteiger partial charge in [0.2, 0.25) is 0 Å². The first kappa shape index (κ1) is 10.0. The first-order chi connectivity index (χ1) is 5.85. The Balaban J connectivity index is 2.59. The first-order valence-corrected chi connectivity index (χ1v) is 4.35. The van der Waals surface area contributed by atoms with Gasteiger partial charge in [-0.05, 0) is 18.8 Å². The number of hydrogen-bond donors (Lipinski definition) is 2. The summed E-state index contributed by atoms with van der Waals surface area (Å²) >= 11 is 0. The molecule has 0 aromatic heterocycles. The summed E-state index contributed by atoms with van der Waals surface area (Å²) in [5, 5.41) is 10.9. The van der Waals surface area contributed by atoms with Crippen molar-refractivity contribution in [2.75, 3.05) is 0 Å². The van der Waals surface area contributed by atoms with Crippen LogP contribution in [0.25, 0.3) is 0 Å². The van der Waals surface area contributed by atoms with Crippen molar-refractivity contribution >= 4 is 11.9 Å². The highest BCUT2D eigenvalue weighted by atomic mass is 16.4. The summed E-state index contributed by atoms with van der Waals surface area (Å²) in [6, 6.07) is -0.0844.